The molecule has 100 heavy (non-hydrogen) atoms. The van der Waals surface area contributed by atoms with Crippen molar-refractivity contribution in [3.05, 3.63) is 295 Å². The van der Waals surface area contributed by atoms with Gasteiger partial charge in [-0.05, 0) is 167 Å². The maximum absolute atomic E-state index is 2.75. The van der Waals surface area contributed by atoms with Crippen molar-refractivity contribution < 1.29 is 0 Å². The predicted octanol–water partition coefficient (Wildman–Crippen LogP) is 24.5. The van der Waals surface area contributed by atoms with Crippen LogP contribution in [0.4, 0.5) is 34.1 Å². The van der Waals surface area contributed by atoms with Gasteiger partial charge >= 0.3 is 0 Å². The molecule has 0 spiro atoms. The summed E-state index contributed by atoms with van der Waals surface area (Å²) in [6.07, 6.45) is 0. The van der Waals surface area contributed by atoms with E-state index in [0.717, 1.165) is 28.3 Å². The van der Waals surface area contributed by atoms with Gasteiger partial charge in [0.1, 0.15) is 0 Å². The average Bonchev–Trinajstić information content (AvgIpc) is 0.921. The molecule has 0 saturated heterocycles. The Morgan fingerprint density at radius 2 is 0.840 bits per heavy atom. The number of para-hydroxylation sites is 3. The van der Waals surface area contributed by atoms with Crippen LogP contribution in [-0.2, 0) is 21.7 Å². The van der Waals surface area contributed by atoms with E-state index in [1.165, 1.54) is 153 Å². The summed E-state index contributed by atoms with van der Waals surface area (Å²) in [6.45, 7) is 28.2. The molecule has 0 unspecified atom stereocenters. The first-order chi connectivity index (χ1) is 48.2. The molecule has 4 nitrogen and oxygen atoms in total. The summed E-state index contributed by atoms with van der Waals surface area (Å²) in [7, 11) is 0. The number of fused-ring (bicyclic) bond motifs is 14. The van der Waals surface area contributed by atoms with Crippen molar-refractivity contribution in [2.75, 3.05) is 9.80 Å². The van der Waals surface area contributed by atoms with E-state index in [1.807, 2.05) is 11.3 Å². The van der Waals surface area contributed by atoms with Crippen molar-refractivity contribution in [2.24, 2.45) is 0 Å². The molecule has 3 aromatic heterocycles. The Bertz CT molecular complexity index is 5930. The van der Waals surface area contributed by atoms with Crippen LogP contribution in [0.1, 0.15) is 105 Å². The molecule has 0 N–H and O–H groups in total. The Kier molecular flexibility index (Phi) is 13.8. The van der Waals surface area contributed by atoms with E-state index in [4.69, 9.17) is 0 Å². The molecule has 486 valence electrons. The van der Waals surface area contributed by atoms with Gasteiger partial charge in [0.15, 0.2) is 0 Å². The molecule has 16 aromatic rings. The smallest absolute Gasteiger partial charge is 0.252 e. The van der Waals surface area contributed by atoms with Gasteiger partial charge in [0.2, 0.25) is 0 Å². The van der Waals surface area contributed by atoms with Gasteiger partial charge < -0.3 is 18.9 Å². The molecular weight excluding hydrogens is 1230 g/mol. The molecule has 0 fully saturated rings. The Hall–Kier alpha value is -10.7. The molecule has 18 rings (SSSR count). The highest BCUT2D eigenvalue weighted by Gasteiger charge is 2.46. The van der Waals surface area contributed by atoms with Gasteiger partial charge in [-0.15, -0.1) is 11.3 Å². The molecule has 0 bridgehead atoms. The van der Waals surface area contributed by atoms with Crippen LogP contribution in [0.3, 0.4) is 0 Å². The molecule has 5 heterocycles. The van der Waals surface area contributed by atoms with Crippen LogP contribution in [0, 0.1) is 0 Å². The average molecular weight is 1310 g/mol. The lowest BCUT2D eigenvalue weighted by Crippen LogP contribution is -2.61. The Morgan fingerprint density at radius 3 is 1.48 bits per heavy atom. The van der Waals surface area contributed by atoms with Gasteiger partial charge in [0.05, 0.1) is 38.1 Å². The number of nitrogens with zero attached hydrogens (tertiary/aromatic N) is 4. The molecule has 0 amide bonds. The largest absolute Gasteiger partial charge is 0.310 e. The zero-order chi connectivity index (χ0) is 68.5. The van der Waals surface area contributed by atoms with Gasteiger partial charge in [-0.3, -0.25) is 0 Å². The fourth-order valence-electron chi connectivity index (χ4n) is 16.4. The Morgan fingerprint density at radius 1 is 0.300 bits per heavy atom. The van der Waals surface area contributed by atoms with Crippen molar-refractivity contribution in [1.29, 1.82) is 0 Å². The van der Waals surface area contributed by atoms with Crippen LogP contribution in [-0.4, -0.2) is 15.8 Å². The van der Waals surface area contributed by atoms with Gasteiger partial charge in [-0.1, -0.05) is 271 Å². The minimum Gasteiger partial charge on any atom is -0.310 e. The molecule has 2 aliphatic heterocycles. The van der Waals surface area contributed by atoms with Crippen molar-refractivity contribution in [2.45, 2.75) is 105 Å². The number of anilines is 6. The second kappa shape index (κ2) is 22.4. The van der Waals surface area contributed by atoms with Gasteiger partial charge in [0, 0.05) is 82.3 Å². The lowest BCUT2D eigenvalue weighted by molar-refractivity contribution is 0.569. The van der Waals surface area contributed by atoms with Crippen LogP contribution in [0.15, 0.2) is 273 Å². The number of aromatic nitrogens is 2. The quantitative estimate of drug-likeness (QED) is 0.148. The van der Waals surface area contributed by atoms with Crippen LogP contribution >= 0.6 is 11.3 Å². The van der Waals surface area contributed by atoms with Crippen molar-refractivity contribution in [1.82, 2.24) is 9.13 Å². The van der Waals surface area contributed by atoms with Crippen LogP contribution in [0.25, 0.3) is 109 Å². The second-order valence-corrected chi connectivity index (χ2v) is 33.2. The first kappa shape index (κ1) is 61.7. The SMILES string of the molecule is CC(C)(C)c1cc(-c2ccc3c(c2)B2c4ccc(-n5c6ccccc6c6ccc7c(c8ccccc8n7-c7ccccc7)c65)cc4N(c4c(-c5ccccc5)cc(C(C)(C)C)cc4-c4ccccc4)c4cc(C(C)(C)C)cc(c42)N3c2cccc3c2sc2ccccc23)cc(C(C)(C)C)c1. The number of thiophene rings is 1. The van der Waals surface area contributed by atoms with E-state index >= 15 is 0 Å². The summed E-state index contributed by atoms with van der Waals surface area (Å²) in [4.78, 5) is 5.43. The molecule has 2 aliphatic rings. The van der Waals surface area contributed by atoms with Crippen molar-refractivity contribution in [3.63, 3.8) is 0 Å². The topological polar surface area (TPSA) is 16.3 Å². The number of hydrogen-bond acceptors (Lipinski definition) is 3. The number of hydrogen-bond donors (Lipinski definition) is 0. The zero-order valence-corrected chi connectivity index (χ0v) is 60.1. The molecule has 0 radical (unpaired) electrons. The van der Waals surface area contributed by atoms with E-state index < -0.39 is 0 Å². The van der Waals surface area contributed by atoms with Crippen molar-refractivity contribution in [3.8, 4) is 44.8 Å². The fraction of sp³-hybridized carbons (Fsp3) is 0.170. The lowest BCUT2D eigenvalue weighted by Gasteiger charge is -2.46. The van der Waals surface area contributed by atoms with E-state index in [9.17, 15) is 0 Å². The molecule has 13 aromatic carbocycles. The predicted molar refractivity (Wildman–Crippen MR) is 433 cm³/mol. The summed E-state index contributed by atoms with van der Waals surface area (Å²) in [5, 5.41) is 7.46. The van der Waals surface area contributed by atoms with E-state index in [2.05, 4.69) is 375 Å². The maximum atomic E-state index is 2.75. The van der Waals surface area contributed by atoms with E-state index in [0.29, 0.717) is 0 Å². The summed E-state index contributed by atoms with van der Waals surface area (Å²) in [5.74, 6) is 0. The lowest BCUT2D eigenvalue weighted by atomic mass is 9.33. The molecule has 0 atom stereocenters. The van der Waals surface area contributed by atoms with E-state index in [-0.39, 0.29) is 28.4 Å². The number of benzene rings is 13. The molecule has 6 heteroatoms. The van der Waals surface area contributed by atoms with Gasteiger partial charge in [0.25, 0.3) is 6.71 Å². The third-order valence-electron chi connectivity index (χ3n) is 21.7. The fourth-order valence-corrected chi connectivity index (χ4v) is 17.6. The summed E-state index contributed by atoms with van der Waals surface area (Å²) in [5.41, 5.74) is 29.6. The first-order valence-electron chi connectivity index (χ1n) is 35.6. The highest BCUT2D eigenvalue weighted by molar-refractivity contribution is 7.26. The van der Waals surface area contributed by atoms with Crippen LogP contribution in [0.2, 0.25) is 0 Å². The van der Waals surface area contributed by atoms with E-state index in [1.54, 1.807) is 0 Å². The monoisotopic (exact) mass is 1310 g/mol. The normalized spacial score (nSPS) is 13.3. The summed E-state index contributed by atoms with van der Waals surface area (Å²) >= 11 is 1.91. The standard InChI is InChI=1S/C94H81BN4S/c1-91(2,3)62-49-61(50-63(52-62)92(4,5)6)60-43-47-79-76(51-60)95-75-46-44-67(97-77-39-25-22-35-68(77)70-45-48-80-86(89(70)97)72-37-23-26-40-78(72)96(80)66-33-20-15-21-34-66)57-82(75)99(88-73(58-29-16-13-17-30-58)53-64(93(7,8)9)54-74(88)59-31-18-14-19-32-59)84-56-65(94(10,11)12)55-83(87(84)95)98(79)81-41-28-38-71-69-36-24-27-42-85(69)100-90(71)81/h13-57H,1-12H3. The minimum atomic E-state index is -0.273. The molecular formula is C94H81BN4S. The van der Waals surface area contributed by atoms with Crippen molar-refractivity contribution >= 4 is 132 Å². The summed E-state index contributed by atoms with van der Waals surface area (Å²) in [6, 6.07) is 105. The molecule has 0 aliphatic carbocycles. The second-order valence-electron chi connectivity index (χ2n) is 32.1. The third-order valence-corrected chi connectivity index (χ3v) is 22.9. The third kappa shape index (κ3) is 9.68. The molecule has 0 saturated carbocycles. The van der Waals surface area contributed by atoms with Gasteiger partial charge in [-0.25, -0.2) is 0 Å². The van der Waals surface area contributed by atoms with Crippen LogP contribution in [0.5, 0.6) is 0 Å². The first-order valence-corrected chi connectivity index (χ1v) is 36.4. The zero-order valence-electron chi connectivity index (χ0n) is 59.3. The maximum Gasteiger partial charge on any atom is 0.252 e. The Balaban J connectivity index is 1.02. The number of rotatable bonds is 7. The Labute approximate surface area is 592 Å². The highest BCUT2D eigenvalue weighted by atomic mass is 32.1. The minimum absolute atomic E-state index is 0.0740. The summed E-state index contributed by atoms with van der Waals surface area (Å²) < 4.78 is 7.63. The van der Waals surface area contributed by atoms with Gasteiger partial charge in [-0.2, -0.15) is 0 Å². The highest BCUT2D eigenvalue weighted by Crippen LogP contribution is 2.55. The van der Waals surface area contributed by atoms with Crippen LogP contribution < -0.4 is 26.2 Å².